The average molecular weight is 300 g/mol. The number of hydrogen-bond acceptors (Lipinski definition) is 2. The number of thiophene rings is 1. The van der Waals surface area contributed by atoms with Gasteiger partial charge in [0.1, 0.15) is 0 Å². The first-order valence-corrected chi connectivity index (χ1v) is 7.03. The molecule has 0 bridgehead atoms. The summed E-state index contributed by atoms with van der Waals surface area (Å²) < 4.78 is 1.11. The molecule has 0 fully saturated rings. The predicted molar refractivity (Wildman–Crippen MR) is 70.3 cm³/mol. The third-order valence-electron chi connectivity index (χ3n) is 2.71. The molecule has 2 rings (SSSR count). The van der Waals surface area contributed by atoms with E-state index in [0.29, 0.717) is 6.54 Å². The van der Waals surface area contributed by atoms with Crippen molar-refractivity contribution in [2.45, 2.75) is 25.8 Å². The number of nitrogens with one attached hydrogen (secondary N) is 1. The van der Waals surface area contributed by atoms with Crippen LogP contribution in [0.15, 0.2) is 28.1 Å². The van der Waals surface area contributed by atoms with Crippen LogP contribution in [0.25, 0.3) is 0 Å². The van der Waals surface area contributed by atoms with Crippen LogP contribution in [0.5, 0.6) is 0 Å². The lowest BCUT2D eigenvalue weighted by Crippen LogP contribution is -2.30. The molecule has 16 heavy (non-hydrogen) atoms. The van der Waals surface area contributed by atoms with E-state index in [4.69, 9.17) is 0 Å². The lowest BCUT2D eigenvalue weighted by atomic mass is 9.94. The number of carbonyl (C=O) groups excluding carboxylic acids is 1. The summed E-state index contributed by atoms with van der Waals surface area (Å²) in [6, 6.07) is 4.05. The first kappa shape index (κ1) is 11.9. The molecule has 0 radical (unpaired) electrons. The molecule has 0 spiro atoms. The first-order chi connectivity index (χ1) is 7.75. The highest BCUT2D eigenvalue weighted by molar-refractivity contribution is 9.11. The number of amides is 1. The second kappa shape index (κ2) is 5.64. The summed E-state index contributed by atoms with van der Waals surface area (Å²) in [5, 5.41) is 3.00. The molecule has 86 valence electrons. The Balaban J connectivity index is 1.81. The molecule has 0 aromatic carbocycles. The standard InChI is InChI=1S/C12H14BrNOS/c13-11-7-6-10(16-11)8-14-12(15)9-4-2-1-3-5-9/h1-2,6-7,9H,3-5,8H2,(H,14,15). The minimum Gasteiger partial charge on any atom is -0.351 e. The van der Waals surface area contributed by atoms with E-state index >= 15 is 0 Å². The Morgan fingerprint density at radius 2 is 2.38 bits per heavy atom. The molecular formula is C12H14BrNOS. The molecule has 1 heterocycles. The summed E-state index contributed by atoms with van der Waals surface area (Å²) in [6.45, 7) is 0.648. The third kappa shape index (κ3) is 3.19. The molecule has 4 heteroatoms. The van der Waals surface area contributed by atoms with Gasteiger partial charge in [-0.05, 0) is 47.3 Å². The Bertz CT molecular complexity index is 399. The van der Waals surface area contributed by atoms with Crippen LogP contribution in [0.2, 0.25) is 0 Å². The van der Waals surface area contributed by atoms with E-state index in [0.717, 1.165) is 23.0 Å². The Morgan fingerprint density at radius 3 is 3.00 bits per heavy atom. The van der Waals surface area contributed by atoms with Crippen molar-refractivity contribution < 1.29 is 4.79 Å². The molecule has 0 saturated carbocycles. The van der Waals surface area contributed by atoms with Crippen molar-refractivity contribution in [3.63, 3.8) is 0 Å². The van der Waals surface area contributed by atoms with Crippen molar-refractivity contribution in [2.75, 3.05) is 0 Å². The van der Waals surface area contributed by atoms with Crippen LogP contribution >= 0.6 is 27.3 Å². The lowest BCUT2D eigenvalue weighted by Gasteiger charge is -2.16. The summed E-state index contributed by atoms with van der Waals surface area (Å²) in [5.41, 5.74) is 0. The van der Waals surface area contributed by atoms with Gasteiger partial charge in [-0.3, -0.25) is 4.79 Å². The Kier molecular flexibility index (Phi) is 4.18. The van der Waals surface area contributed by atoms with Crippen molar-refractivity contribution in [2.24, 2.45) is 5.92 Å². The highest BCUT2D eigenvalue weighted by atomic mass is 79.9. The minimum atomic E-state index is 0.174. The zero-order valence-corrected chi connectivity index (χ0v) is 11.3. The smallest absolute Gasteiger partial charge is 0.223 e. The summed E-state index contributed by atoms with van der Waals surface area (Å²) in [6.07, 6.45) is 7.16. The van der Waals surface area contributed by atoms with Crippen molar-refractivity contribution in [1.82, 2.24) is 5.32 Å². The molecule has 1 unspecified atom stereocenters. The van der Waals surface area contributed by atoms with Crippen LogP contribution in [0.3, 0.4) is 0 Å². The Labute approximate surface area is 108 Å². The molecule has 1 atom stereocenters. The molecule has 1 aliphatic carbocycles. The fourth-order valence-electron chi connectivity index (χ4n) is 1.80. The van der Waals surface area contributed by atoms with Gasteiger partial charge in [-0.2, -0.15) is 0 Å². The zero-order chi connectivity index (χ0) is 11.4. The maximum absolute atomic E-state index is 11.8. The number of rotatable bonds is 3. The highest BCUT2D eigenvalue weighted by Gasteiger charge is 2.18. The normalized spacial score (nSPS) is 19.7. The second-order valence-corrected chi connectivity index (χ2v) is 6.45. The fourth-order valence-corrected chi connectivity index (χ4v) is 3.22. The van der Waals surface area contributed by atoms with Gasteiger partial charge in [0.15, 0.2) is 0 Å². The number of hydrogen-bond donors (Lipinski definition) is 1. The van der Waals surface area contributed by atoms with Gasteiger partial charge >= 0.3 is 0 Å². The van der Waals surface area contributed by atoms with E-state index in [-0.39, 0.29) is 11.8 Å². The van der Waals surface area contributed by atoms with Crippen LogP contribution in [0.1, 0.15) is 24.1 Å². The van der Waals surface area contributed by atoms with Gasteiger partial charge in [-0.25, -0.2) is 0 Å². The zero-order valence-electron chi connectivity index (χ0n) is 8.91. The van der Waals surface area contributed by atoms with Gasteiger partial charge < -0.3 is 5.32 Å². The molecule has 1 amide bonds. The lowest BCUT2D eigenvalue weighted by molar-refractivity contribution is -0.125. The Hall–Kier alpha value is -0.610. The van der Waals surface area contributed by atoms with Gasteiger partial charge in [0.25, 0.3) is 0 Å². The van der Waals surface area contributed by atoms with Crippen LogP contribution < -0.4 is 5.32 Å². The number of carbonyl (C=O) groups is 1. The maximum atomic E-state index is 11.8. The maximum Gasteiger partial charge on any atom is 0.223 e. The van der Waals surface area contributed by atoms with Crippen LogP contribution in [0, 0.1) is 5.92 Å². The van der Waals surface area contributed by atoms with E-state index in [1.165, 1.54) is 4.88 Å². The summed E-state index contributed by atoms with van der Waals surface area (Å²) in [7, 11) is 0. The molecular weight excluding hydrogens is 286 g/mol. The second-order valence-electron chi connectivity index (χ2n) is 3.91. The largest absolute Gasteiger partial charge is 0.351 e. The number of allylic oxidation sites excluding steroid dienone is 2. The van der Waals surface area contributed by atoms with Gasteiger partial charge in [0.2, 0.25) is 5.91 Å². The summed E-state index contributed by atoms with van der Waals surface area (Å²) in [5.74, 6) is 0.363. The fraction of sp³-hybridized carbons (Fsp3) is 0.417. The van der Waals surface area contributed by atoms with Crippen molar-refractivity contribution >= 4 is 33.2 Å². The molecule has 1 N–H and O–H groups in total. The molecule has 1 aromatic rings. The summed E-state index contributed by atoms with van der Waals surface area (Å²) >= 11 is 5.08. The summed E-state index contributed by atoms with van der Waals surface area (Å²) in [4.78, 5) is 13.0. The minimum absolute atomic E-state index is 0.174. The van der Waals surface area contributed by atoms with Gasteiger partial charge in [0.05, 0.1) is 10.3 Å². The van der Waals surface area contributed by atoms with Crippen molar-refractivity contribution in [1.29, 1.82) is 0 Å². The molecule has 1 aliphatic rings. The van der Waals surface area contributed by atoms with Crippen molar-refractivity contribution in [3.05, 3.63) is 32.9 Å². The van der Waals surface area contributed by atoms with Crippen LogP contribution in [-0.4, -0.2) is 5.91 Å². The quantitative estimate of drug-likeness (QED) is 0.851. The van der Waals surface area contributed by atoms with E-state index in [1.807, 2.05) is 12.1 Å². The topological polar surface area (TPSA) is 29.1 Å². The van der Waals surface area contributed by atoms with E-state index in [2.05, 4.69) is 33.4 Å². The number of halogens is 1. The highest BCUT2D eigenvalue weighted by Crippen LogP contribution is 2.22. The van der Waals surface area contributed by atoms with Crippen molar-refractivity contribution in [3.8, 4) is 0 Å². The molecule has 0 saturated heterocycles. The van der Waals surface area contributed by atoms with E-state index in [9.17, 15) is 4.79 Å². The van der Waals surface area contributed by atoms with E-state index in [1.54, 1.807) is 11.3 Å². The van der Waals surface area contributed by atoms with E-state index < -0.39 is 0 Å². The predicted octanol–water partition coefficient (Wildman–Crippen LogP) is 3.48. The third-order valence-corrected chi connectivity index (χ3v) is 4.33. The Morgan fingerprint density at radius 1 is 1.50 bits per heavy atom. The molecule has 0 aliphatic heterocycles. The SMILES string of the molecule is O=C(NCc1ccc(Br)s1)C1CC=CCC1. The van der Waals surface area contributed by atoms with Gasteiger partial charge in [0, 0.05) is 10.8 Å². The van der Waals surface area contributed by atoms with Gasteiger partial charge in [-0.15, -0.1) is 11.3 Å². The average Bonchev–Trinajstić information content (AvgIpc) is 2.73. The molecule has 2 nitrogen and oxygen atoms in total. The van der Waals surface area contributed by atoms with Crippen LogP contribution in [-0.2, 0) is 11.3 Å². The molecule has 1 aromatic heterocycles. The first-order valence-electron chi connectivity index (χ1n) is 5.42. The van der Waals surface area contributed by atoms with Crippen LogP contribution in [0.4, 0.5) is 0 Å². The van der Waals surface area contributed by atoms with Gasteiger partial charge in [-0.1, -0.05) is 12.2 Å². The monoisotopic (exact) mass is 299 g/mol.